The first kappa shape index (κ1) is 17.2. The van der Waals surface area contributed by atoms with Gasteiger partial charge >= 0.3 is 0 Å². The number of amides is 2. The van der Waals surface area contributed by atoms with Crippen molar-refractivity contribution in [1.82, 2.24) is 14.3 Å². The molecule has 1 aliphatic rings. The van der Waals surface area contributed by atoms with Crippen molar-refractivity contribution in [2.75, 3.05) is 31.6 Å². The molecule has 1 aromatic carbocycles. The summed E-state index contributed by atoms with van der Waals surface area (Å²) in [6.45, 7) is 1.94. The minimum Gasteiger partial charge on any atom is -0.378 e. The van der Waals surface area contributed by atoms with Crippen molar-refractivity contribution in [2.24, 2.45) is 0 Å². The van der Waals surface area contributed by atoms with Gasteiger partial charge in [0.05, 0.1) is 18.7 Å². The number of aromatic nitrogens is 2. The second-order valence-electron chi connectivity index (χ2n) is 6.11. The van der Waals surface area contributed by atoms with E-state index in [0.29, 0.717) is 37.5 Å². The number of morpholine rings is 1. The number of halogens is 1. The highest BCUT2D eigenvalue weighted by atomic mass is 19.1. The van der Waals surface area contributed by atoms with Crippen LogP contribution in [-0.2, 0) is 4.74 Å². The molecule has 27 heavy (non-hydrogen) atoms. The summed E-state index contributed by atoms with van der Waals surface area (Å²) in [6.07, 6.45) is 1.68. The Kier molecular flexibility index (Phi) is 4.55. The Morgan fingerprint density at radius 1 is 1.07 bits per heavy atom. The third-order valence-corrected chi connectivity index (χ3v) is 4.35. The molecule has 1 saturated heterocycles. The third-order valence-electron chi connectivity index (χ3n) is 4.35. The van der Waals surface area contributed by atoms with E-state index in [1.54, 1.807) is 33.7 Å². The Hall–Kier alpha value is -3.26. The zero-order valence-corrected chi connectivity index (χ0v) is 14.4. The number of nitrogens with one attached hydrogen (secondary N) is 1. The Balaban J connectivity index is 1.67. The van der Waals surface area contributed by atoms with Crippen LogP contribution in [0.1, 0.15) is 21.1 Å². The smallest absolute Gasteiger partial charge is 0.292 e. The molecule has 2 aromatic heterocycles. The first-order valence-corrected chi connectivity index (χ1v) is 8.54. The summed E-state index contributed by atoms with van der Waals surface area (Å²) in [5, 5.41) is 2.68. The first-order valence-electron chi connectivity index (χ1n) is 8.54. The topological polar surface area (TPSA) is 75.9 Å². The molecule has 8 heteroatoms. The van der Waals surface area contributed by atoms with Gasteiger partial charge in [-0.15, -0.1) is 0 Å². The Morgan fingerprint density at radius 2 is 1.81 bits per heavy atom. The van der Waals surface area contributed by atoms with Crippen molar-refractivity contribution in [3.05, 3.63) is 66.0 Å². The number of pyridine rings is 1. The molecule has 1 N–H and O–H groups in total. The van der Waals surface area contributed by atoms with E-state index >= 15 is 0 Å². The lowest BCUT2D eigenvalue weighted by atomic mass is 10.3. The number of fused-ring (bicyclic) bond motifs is 1. The van der Waals surface area contributed by atoms with Gasteiger partial charge in [-0.1, -0.05) is 6.07 Å². The monoisotopic (exact) mass is 368 g/mol. The standard InChI is InChI=1S/C19H17FN4O3/c20-13-4-6-14(7-5-13)21-18(25)17-22-16(15-3-1-2-8-24(15)17)19(26)23-9-11-27-12-10-23/h1-8H,9-12H2,(H,21,25). The molecule has 0 aliphatic carbocycles. The number of anilines is 1. The van der Waals surface area contributed by atoms with Gasteiger partial charge in [-0.3, -0.25) is 14.0 Å². The first-order chi connectivity index (χ1) is 13.1. The van der Waals surface area contributed by atoms with Crippen LogP contribution in [0.5, 0.6) is 0 Å². The lowest BCUT2D eigenvalue weighted by Gasteiger charge is -2.26. The molecule has 0 unspecified atom stereocenters. The average Bonchev–Trinajstić information content (AvgIpc) is 3.10. The van der Waals surface area contributed by atoms with Crippen molar-refractivity contribution < 1.29 is 18.7 Å². The number of imidazole rings is 1. The van der Waals surface area contributed by atoms with Gasteiger partial charge in [-0.05, 0) is 36.4 Å². The summed E-state index contributed by atoms with van der Waals surface area (Å²) in [5.74, 6) is -1.02. The van der Waals surface area contributed by atoms with Crippen molar-refractivity contribution in [3.8, 4) is 0 Å². The van der Waals surface area contributed by atoms with Gasteiger partial charge in [0.15, 0.2) is 5.69 Å². The van der Waals surface area contributed by atoms with Gasteiger partial charge in [0.1, 0.15) is 5.82 Å². The molecule has 0 spiro atoms. The number of rotatable bonds is 3. The summed E-state index contributed by atoms with van der Waals surface area (Å²) in [5.41, 5.74) is 1.22. The van der Waals surface area contributed by atoms with Crippen LogP contribution in [0.4, 0.5) is 10.1 Å². The van der Waals surface area contributed by atoms with E-state index in [2.05, 4.69) is 10.3 Å². The van der Waals surface area contributed by atoms with Crippen molar-refractivity contribution >= 4 is 23.0 Å². The minimum atomic E-state index is -0.483. The van der Waals surface area contributed by atoms with Crippen LogP contribution in [0.2, 0.25) is 0 Å². The quantitative estimate of drug-likeness (QED) is 0.769. The Labute approximate surface area is 154 Å². The zero-order chi connectivity index (χ0) is 18.8. The molecule has 0 bridgehead atoms. The van der Waals surface area contributed by atoms with E-state index in [1.165, 1.54) is 24.3 Å². The minimum absolute atomic E-state index is 0.0894. The van der Waals surface area contributed by atoms with Crippen LogP contribution in [-0.4, -0.2) is 52.4 Å². The summed E-state index contributed by atoms with van der Waals surface area (Å²) in [4.78, 5) is 31.5. The molecule has 7 nitrogen and oxygen atoms in total. The van der Waals surface area contributed by atoms with E-state index in [4.69, 9.17) is 4.74 Å². The molecule has 1 fully saturated rings. The van der Waals surface area contributed by atoms with Crippen molar-refractivity contribution in [2.45, 2.75) is 0 Å². The molecule has 2 amide bonds. The average molecular weight is 368 g/mol. The van der Waals surface area contributed by atoms with Crippen LogP contribution in [0.25, 0.3) is 5.52 Å². The van der Waals surface area contributed by atoms with Crippen molar-refractivity contribution in [1.29, 1.82) is 0 Å². The number of ether oxygens (including phenoxy) is 1. The summed E-state index contributed by atoms with van der Waals surface area (Å²) in [7, 11) is 0. The SMILES string of the molecule is O=C(Nc1ccc(F)cc1)c1nc(C(=O)N2CCOCC2)c2ccccn12. The predicted octanol–water partition coefficient (Wildman–Crippen LogP) is 2.20. The fraction of sp³-hybridized carbons (Fsp3) is 0.211. The highest BCUT2D eigenvalue weighted by Gasteiger charge is 2.26. The van der Waals surface area contributed by atoms with Crippen LogP contribution in [0, 0.1) is 5.82 Å². The summed E-state index contributed by atoms with van der Waals surface area (Å²) in [6, 6.07) is 10.7. The Morgan fingerprint density at radius 3 is 2.56 bits per heavy atom. The van der Waals surface area contributed by atoms with Crippen LogP contribution >= 0.6 is 0 Å². The molecule has 0 saturated carbocycles. The molecule has 1 aliphatic heterocycles. The molecule has 3 aromatic rings. The van der Waals surface area contributed by atoms with Crippen LogP contribution < -0.4 is 5.32 Å². The lowest BCUT2D eigenvalue weighted by Crippen LogP contribution is -2.40. The van der Waals surface area contributed by atoms with E-state index in [0.717, 1.165) is 0 Å². The molecule has 3 heterocycles. The molecule has 138 valence electrons. The largest absolute Gasteiger partial charge is 0.378 e. The van der Waals surface area contributed by atoms with E-state index in [1.807, 2.05) is 0 Å². The summed E-state index contributed by atoms with van der Waals surface area (Å²) >= 11 is 0. The zero-order valence-electron chi connectivity index (χ0n) is 14.4. The maximum Gasteiger partial charge on any atom is 0.292 e. The van der Waals surface area contributed by atoms with Crippen LogP contribution in [0.15, 0.2) is 48.7 Å². The number of hydrogen-bond donors (Lipinski definition) is 1. The number of carbonyl (C=O) groups is 2. The fourth-order valence-corrected chi connectivity index (χ4v) is 2.99. The maximum absolute atomic E-state index is 13.0. The molecule has 0 radical (unpaired) electrons. The molecular formula is C19H17FN4O3. The van der Waals surface area contributed by atoms with Gasteiger partial charge in [0, 0.05) is 25.0 Å². The van der Waals surface area contributed by atoms with E-state index in [-0.39, 0.29) is 17.4 Å². The lowest BCUT2D eigenvalue weighted by molar-refractivity contribution is 0.0300. The van der Waals surface area contributed by atoms with Gasteiger partial charge in [0.2, 0.25) is 5.82 Å². The normalized spacial score (nSPS) is 14.3. The predicted molar refractivity (Wildman–Crippen MR) is 96.3 cm³/mol. The third kappa shape index (κ3) is 3.39. The maximum atomic E-state index is 13.0. The van der Waals surface area contributed by atoms with Crippen molar-refractivity contribution in [3.63, 3.8) is 0 Å². The number of carbonyl (C=O) groups excluding carboxylic acids is 2. The number of nitrogens with zero attached hydrogens (tertiary/aromatic N) is 3. The summed E-state index contributed by atoms with van der Waals surface area (Å²) < 4.78 is 19.9. The molecule has 4 rings (SSSR count). The highest BCUT2D eigenvalue weighted by molar-refractivity contribution is 6.06. The Bertz CT molecular complexity index is 994. The van der Waals surface area contributed by atoms with Gasteiger partial charge in [-0.25, -0.2) is 9.37 Å². The second kappa shape index (κ2) is 7.16. The number of benzene rings is 1. The van der Waals surface area contributed by atoms with Gasteiger partial charge < -0.3 is 15.0 Å². The van der Waals surface area contributed by atoms with E-state index < -0.39 is 11.7 Å². The highest BCUT2D eigenvalue weighted by Crippen LogP contribution is 2.18. The van der Waals surface area contributed by atoms with Gasteiger partial charge in [0.25, 0.3) is 11.8 Å². The van der Waals surface area contributed by atoms with E-state index in [9.17, 15) is 14.0 Å². The second-order valence-corrected chi connectivity index (χ2v) is 6.11. The van der Waals surface area contributed by atoms with Gasteiger partial charge in [-0.2, -0.15) is 0 Å². The molecular weight excluding hydrogens is 351 g/mol. The number of hydrogen-bond acceptors (Lipinski definition) is 4. The fourth-order valence-electron chi connectivity index (χ4n) is 2.99. The molecule has 0 atom stereocenters. The van der Waals surface area contributed by atoms with Crippen LogP contribution in [0.3, 0.4) is 0 Å².